The van der Waals surface area contributed by atoms with E-state index in [2.05, 4.69) is 11.8 Å². The summed E-state index contributed by atoms with van der Waals surface area (Å²) in [6.07, 6.45) is 1.66. The van der Waals surface area contributed by atoms with Gasteiger partial charge in [0.15, 0.2) is 0 Å². The molecular formula is C11H7ClO. The number of alkyl halides is 1. The lowest BCUT2D eigenvalue weighted by atomic mass is 10.2. The summed E-state index contributed by atoms with van der Waals surface area (Å²) in [6, 6.07) is 7.80. The lowest BCUT2D eigenvalue weighted by Crippen LogP contribution is -1.69. The highest BCUT2D eigenvalue weighted by molar-refractivity contribution is 6.19. The first kappa shape index (κ1) is 8.22. The van der Waals surface area contributed by atoms with Gasteiger partial charge >= 0.3 is 0 Å². The standard InChI is InChI=1S/C11H7ClO/c12-7-3-4-9-8-13-11-6-2-1-5-10(9)11/h1-2,5-6,8H,7H2. The van der Waals surface area contributed by atoms with Crippen molar-refractivity contribution in [1.29, 1.82) is 0 Å². The quantitative estimate of drug-likeness (QED) is 0.460. The van der Waals surface area contributed by atoms with E-state index in [9.17, 15) is 0 Å². The van der Waals surface area contributed by atoms with Crippen molar-refractivity contribution in [3.8, 4) is 11.8 Å². The molecule has 2 rings (SSSR count). The first-order valence-corrected chi connectivity index (χ1v) is 4.46. The second-order valence-corrected chi connectivity index (χ2v) is 2.85. The van der Waals surface area contributed by atoms with Crippen molar-refractivity contribution in [2.75, 3.05) is 5.88 Å². The van der Waals surface area contributed by atoms with Crippen LogP contribution < -0.4 is 0 Å². The number of hydrogen-bond donors (Lipinski definition) is 0. The molecule has 0 unspecified atom stereocenters. The number of fused-ring (bicyclic) bond motifs is 1. The number of para-hydroxylation sites is 1. The molecule has 0 atom stereocenters. The van der Waals surface area contributed by atoms with Crippen molar-refractivity contribution >= 4 is 22.6 Å². The number of furan rings is 1. The SMILES string of the molecule is ClCC#Cc1coc2ccccc12. The third-order valence-corrected chi connectivity index (χ3v) is 1.90. The molecule has 1 aromatic heterocycles. The summed E-state index contributed by atoms with van der Waals surface area (Å²) in [5.41, 5.74) is 1.76. The van der Waals surface area contributed by atoms with E-state index in [-0.39, 0.29) is 0 Å². The fraction of sp³-hybridized carbons (Fsp3) is 0.0909. The maximum absolute atomic E-state index is 5.47. The Morgan fingerprint density at radius 3 is 3.00 bits per heavy atom. The Hall–Kier alpha value is -1.39. The predicted molar refractivity (Wildman–Crippen MR) is 53.8 cm³/mol. The van der Waals surface area contributed by atoms with Crippen molar-refractivity contribution in [3.05, 3.63) is 36.1 Å². The molecule has 13 heavy (non-hydrogen) atoms. The third kappa shape index (κ3) is 1.54. The van der Waals surface area contributed by atoms with Gasteiger partial charge in [0.05, 0.1) is 11.4 Å². The summed E-state index contributed by atoms with van der Waals surface area (Å²) in [5.74, 6) is 6.09. The number of hydrogen-bond acceptors (Lipinski definition) is 1. The van der Waals surface area contributed by atoms with Crippen LogP contribution >= 0.6 is 11.6 Å². The molecular weight excluding hydrogens is 184 g/mol. The Morgan fingerprint density at radius 1 is 1.31 bits per heavy atom. The summed E-state index contributed by atoms with van der Waals surface area (Å²) < 4.78 is 5.30. The highest BCUT2D eigenvalue weighted by atomic mass is 35.5. The van der Waals surface area contributed by atoms with Crippen LogP contribution in [0.25, 0.3) is 11.0 Å². The van der Waals surface area contributed by atoms with E-state index in [0.717, 1.165) is 16.5 Å². The van der Waals surface area contributed by atoms with Gasteiger partial charge in [0.1, 0.15) is 11.8 Å². The Balaban J connectivity index is 2.58. The molecule has 0 spiro atoms. The van der Waals surface area contributed by atoms with E-state index >= 15 is 0 Å². The van der Waals surface area contributed by atoms with Crippen LogP contribution in [0.3, 0.4) is 0 Å². The van der Waals surface area contributed by atoms with Crippen LogP contribution in [0.5, 0.6) is 0 Å². The van der Waals surface area contributed by atoms with Gasteiger partial charge in [0.25, 0.3) is 0 Å². The van der Waals surface area contributed by atoms with Crippen LogP contribution in [-0.2, 0) is 0 Å². The topological polar surface area (TPSA) is 13.1 Å². The molecule has 0 amide bonds. The molecule has 0 aliphatic carbocycles. The Bertz CT molecular complexity index is 473. The van der Waals surface area contributed by atoms with Crippen LogP contribution in [-0.4, -0.2) is 5.88 Å². The molecule has 64 valence electrons. The molecule has 0 aliphatic rings. The number of benzene rings is 1. The molecule has 0 aliphatic heterocycles. The highest BCUT2D eigenvalue weighted by Crippen LogP contribution is 2.19. The zero-order valence-electron chi connectivity index (χ0n) is 6.88. The molecule has 0 radical (unpaired) electrons. The highest BCUT2D eigenvalue weighted by Gasteiger charge is 2.00. The largest absolute Gasteiger partial charge is 0.463 e. The minimum atomic E-state index is 0.347. The van der Waals surface area contributed by atoms with Gasteiger partial charge in [-0.25, -0.2) is 0 Å². The monoisotopic (exact) mass is 190 g/mol. The van der Waals surface area contributed by atoms with Crippen LogP contribution in [0.15, 0.2) is 34.9 Å². The van der Waals surface area contributed by atoms with Gasteiger partial charge < -0.3 is 4.42 Å². The zero-order valence-corrected chi connectivity index (χ0v) is 7.64. The van der Waals surface area contributed by atoms with Gasteiger partial charge in [-0.15, -0.1) is 11.6 Å². The molecule has 0 saturated heterocycles. The Kier molecular flexibility index (Phi) is 2.25. The van der Waals surface area contributed by atoms with Gasteiger partial charge in [-0.3, -0.25) is 0 Å². The van der Waals surface area contributed by atoms with Gasteiger partial charge in [0.2, 0.25) is 0 Å². The van der Waals surface area contributed by atoms with E-state index < -0.39 is 0 Å². The van der Waals surface area contributed by atoms with Gasteiger partial charge in [-0.2, -0.15) is 0 Å². The smallest absolute Gasteiger partial charge is 0.135 e. The number of rotatable bonds is 0. The van der Waals surface area contributed by atoms with E-state index in [4.69, 9.17) is 16.0 Å². The molecule has 0 N–H and O–H groups in total. The first-order valence-electron chi connectivity index (χ1n) is 3.93. The van der Waals surface area contributed by atoms with E-state index in [1.165, 1.54) is 0 Å². The number of halogens is 1. The van der Waals surface area contributed by atoms with Crippen LogP contribution in [0, 0.1) is 11.8 Å². The van der Waals surface area contributed by atoms with Crippen LogP contribution in [0.4, 0.5) is 0 Å². The Labute approximate surface area is 81.3 Å². The van der Waals surface area contributed by atoms with Gasteiger partial charge in [0, 0.05) is 5.39 Å². The Morgan fingerprint density at radius 2 is 2.15 bits per heavy atom. The summed E-state index contributed by atoms with van der Waals surface area (Å²) >= 11 is 5.47. The van der Waals surface area contributed by atoms with Crippen molar-refractivity contribution in [2.24, 2.45) is 0 Å². The summed E-state index contributed by atoms with van der Waals surface area (Å²) in [4.78, 5) is 0. The van der Waals surface area contributed by atoms with Crippen LogP contribution in [0.2, 0.25) is 0 Å². The second kappa shape index (κ2) is 3.55. The summed E-state index contributed by atoms with van der Waals surface area (Å²) in [6.45, 7) is 0. The normalized spacial score (nSPS) is 9.62. The van der Waals surface area contributed by atoms with Gasteiger partial charge in [-0.1, -0.05) is 24.0 Å². The minimum absolute atomic E-state index is 0.347. The van der Waals surface area contributed by atoms with Crippen LogP contribution in [0.1, 0.15) is 5.56 Å². The predicted octanol–water partition coefficient (Wildman–Crippen LogP) is 3.02. The third-order valence-electron chi connectivity index (χ3n) is 1.77. The van der Waals surface area contributed by atoms with Gasteiger partial charge in [-0.05, 0) is 12.1 Å². The maximum atomic E-state index is 5.47. The maximum Gasteiger partial charge on any atom is 0.135 e. The van der Waals surface area contributed by atoms with Crippen molar-refractivity contribution in [1.82, 2.24) is 0 Å². The second-order valence-electron chi connectivity index (χ2n) is 2.58. The minimum Gasteiger partial charge on any atom is -0.463 e. The van der Waals surface area contributed by atoms with Crippen molar-refractivity contribution in [3.63, 3.8) is 0 Å². The molecule has 0 fully saturated rings. The van der Waals surface area contributed by atoms with Crippen molar-refractivity contribution in [2.45, 2.75) is 0 Å². The molecule has 0 bridgehead atoms. The van der Waals surface area contributed by atoms with E-state index in [0.29, 0.717) is 5.88 Å². The average Bonchev–Trinajstić information content (AvgIpc) is 2.58. The lowest BCUT2D eigenvalue weighted by Gasteiger charge is -1.85. The molecule has 1 heterocycles. The molecule has 2 aromatic rings. The van der Waals surface area contributed by atoms with E-state index in [1.807, 2.05) is 24.3 Å². The average molecular weight is 191 g/mol. The van der Waals surface area contributed by atoms with Crippen molar-refractivity contribution < 1.29 is 4.42 Å². The zero-order chi connectivity index (χ0) is 9.10. The molecule has 0 saturated carbocycles. The summed E-state index contributed by atoms with van der Waals surface area (Å²) in [7, 11) is 0. The molecule has 1 aromatic carbocycles. The first-order chi connectivity index (χ1) is 6.42. The molecule has 2 heteroatoms. The summed E-state index contributed by atoms with van der Waals surface area (Å²) in [5, 5.41) is 1.04. The lowest BCUT2D eigenvalue weighted by molar-refractivity contribution is 0.615. The fourth-order valence-electron chi connectivity index (χ4n) is 1.20. The fourth-order valence-corrected chi connectivity index (χ4v) is 1.27. The van der Waals surface area contributed by atoms with E-state index in [1.54, 1.807) is 6.26 Å². The molecule has 1 nitrogen and oxygen atoms in total.